The third-order valence-electron chi connectivity index (χ3n) is 4.16. The lowest BCUT2D eigenvalue weighted by atomic mass is 9.78. The predicted octanol–water partition coefficient (Wildman–Crippen LogP) is 3.53. The summed E-state index contributed by atoms with van der Waals surface area (Å²) in [5.74, 6) is 2.52. The van der Waals surface area contributed by atoms with Crippen molar-refractivity contribution in [2.24, 2.45) is 17.8 Å². The van der Waals surface area contributed by atoms with Crippen LogP contribution in [0.1, 0.15) is 51.9 Å². The van der Waals surface area contributed by atoms with Crippen LogP contribution in [0, 0.1) is 17.8 Å². The summed E-state index contributed by atoms with van der Waals surface area (Å²) in [6.45, 7) is 2.31. The van der Waals surface area contributed by atoms with Crippen LogP contribution in [-0.4, -0.2) is 11.2 Å². The van der Waals surface area contributed by atoms with Gasteiger partial charge in [-0.25, -0.2) is 0 Å². The Morgan fingerprint density at radius 1 is 1.00 bits per heavy atom. The molecule has 2 atom stereocenters. The van der Waals surface area contributed by atoms with Crippen LogP contribution in [0.25, 0.3) is 0 Å². The monoisotopic (exact) mass is 208 g/mol. The predicted molar refractivity (Wildman–Crippen MR) is 63.6 cm³/mol. The molecular formula is C14H24O. The fraction of sp³-hybridized carbons (Fsp3) is 0.857. The van der Waals surface area contributed by atoms with Gasteiger partial charge in [0.25, 0.3) is 0 Å². The summed E-state index contributed by atoms with van der Waals surface area (Å²) in [5.41, 5.74) is 0. The molecule has 1 heteroatoms. The zero-order valence-electron chi connectivity index (χ0n) is 9.86. The molecule has 2 aliphatic carbocycles. The Morgan fingerprint density at radius 3 is 2.33 bits per heavy atom. The maximum absolute atomic E-state index is 9.45. The standard InChI is InChI=1S/C14H24O/c1-11-2-4-12(5-3-11)10-13-6-8-14(15)9-7-13/h2,4,11-15H,3,5-10H2,1H3/t11?,12-,13?,14?/m1/s1. The van der Waals surface area contributed by atoms with Gasteiger partial charge in [0.15, 0.2) is 0 Å². The molecule has 15 heavy (non-hydrogen) atoms. The van der Waals surface area contributed by atoms with E-state index < -0.39 is 0 Å². The van der Waals surface area contributed by atoms with Gasteiger partial charge in [0, 0.05) is 0 Å². The molecule has 0 heterocycles. The molecule has 1 nitrogen and oxygen atoms in total. The first-order valence-electron chi connectivity index (χ1n) is 6.60. The van der Waals surface area contributed by atoms with Gasteiger partial charge < -0.3 is 5.11 Å². The van der Waals surface area contributed by atoms with Crippen LogP contribution in [0.4, 0.5) is 0 Å². The van der Waals surface area contributed by atoms with Crippen molar-refractivity contribution < 1.29 is 5.11 Å². The quantitative estimate of drug-likeness (QED) is 0.688. The van der Waals surface area contributed by atoms with Crippen LogP contribution in [0.15, 0.2) is 12.2 Å². The molecule has 0 aromatic rings. The summed E-state index contributed by atoms with van der Waals surface area (Å²) in [4.78, 5) is 0. The van der Waals surface area contributed by atoms with Gasteiger partial charge in [0.2, 0.25) is 0 Å². The van der Waals surface area contributed by atoms with Crippen molar-refractivity contribution >= 4 is 0 Å². The molecule has 0 aliphatic heterocycles. The molecular weight excluding hydrogens is 184 g/mol. The second kappa shape index (κ2) is 5.16. The molecule has 1 saturated carbocycles. The summed E-state index contributed by atoms with van der Waals surface area (Å²) in [5, 5.41) is 9.45. The highest BCUT2D eigenvalue weighted by molar-refractivity contribution is 4.97. The molecule has 1 fully saturated rings. The SMILES string of the molecule is CC1C=C[C@@H](CC2CCC(O)CC2)CC1. The molecule has 0 bridgehead atoms. The summed E-state index contributed by atoms with van der Waals surface area (Å²) in [6, 6.07) is 0. The van der Waals surface area contributed by atoms with E-state index in [-0.39, 0.29) is 6.10 Å². The highest BCUT2D eigenvalue weighted by Gasteiger charge is 2.22. The molecule has 86 valence electrons. The van der Waals surface area contributed by atoms with Crippen LogP contribution >= 0.6 is 0 Å². The number of aliphatic hydroxyl groups is 1. The van der Waals surface area contributed by atoms with E-state index in [0.29, 0.717) is 0 Å². The molecule has 2 aliphatic rings. The van der Waals surface area contributed by atoms with Crippen molar-refractivity contribution in [3.63, 3.8) is 0 Å². The van der Waals surface area contributed by atoms with E-state index in [1.807, 2.05) is 0 Å². The molecule has 0 amide bonds. The van der Waals surface area contributed by atoms with Crippen molar-refractivity contribution in [1.29, 1.82) is 0 Å². The van der Waals surface area contributed by atoms with Gasteiger partial charge >= 0.3 is 0 Å². The van der Waals surface area contributed by atoms with Crippen molar-refractivity contribution in [2.45, 2.75) is 58.0 Å². The molecule has 2 rings (SSSR count). The average Bonchev–Trinajstić information content (AvgIpc) is 2.25. The van der Waals surface area contributed by atoms with Crippen LogP contribution in [-0.2, 0) is 0 Å². The second-order valence-electron chi connectivity index (χ2n) is 5.61. The lowest BCUT2D eigenvalue weighted by Crippen LogP contribution is -2.20. The Morgan fingerprint density at radius 2 is 1.73 bits per heavy atom. The van der Waals surface area contributed by atoms with Crippen LogP contribution in [0.5, 0.6) is 0 Å². The van der Waals surface area contributed by atoms with Gasteiger partial charge in [-0.1, -0.05) is 19.1 Å². The van der Waals surface area contributed by atoms with Crippen molar-refractivity contribution in [3.05, 3.63) is 12.2 Å². The summed E-state index contributed by atoms with van der Waals surface area (Å²) < 4.78 is 0. The Kier molecular flexibility index (Phi) is 3.85. The molecule has 0 spiro atoms. The molecule has 1 N–H and O–H groups in total. The second-order valence-corrected chi connectivity index (χ2v) is 5.61. The van der Waals surface area contributed by atoms with E-state index >= 15 is 0 Å². The summed E-state index contributed by atoms with van der Waals surface area (Å²) >= 11 is 0. The minimum absolute atomic E-state index is 0.00294. The van der Waals surface area contributed by atoms with E-state index in [1.54, 1.807) is 0 Å². The van der Waals surface area contributed by atoms with E-state index in [4.69, 9.17) is 0 Å². The molecule has 0 aromatic heterocycles. The van der Waals surface area contributed by atoms with Gasteiger partial charge in [-0.05, 0) is 62.7 Å². The highest BCUT2D eigenvalue weighted by Crippen LogP contribution is 2.33. The third-order valence-corrected chi connectivity index (χ3v) is 4.16. The van der Waals surface area contributed by atoms with Crippen LogP contribution < -0.4 is 0 Å². The summed E-state index contributed by atoms with van der Waals surface area (Å²) in [7, 11) is 0. The molecule has 1 unspecified atom stereocenters. The first-order valence-corrected chi connectivity index (χ1v) is 6.60. The lowest BCUT2D eigenvalue weighted by molar-refractivity contribution is 0.102. The van der Waals surface area contributed by atoms with Crippen molar-refractivity contribution in [3.8, 4) is 0 Å². The van der Waals surface area contributed by atoms with Crippen LogP contribution in [0.2, 0.25) is 0 Å². The third kappa shape index (κ3) is 3.34. The first-order chi connectivity index (χ1) is 7.24. The summed E-state index contributed by atoms with van der Waals surface area (Å²) in [6.07, 6.45) is 13.5. The fourth-order valence-corrected chi connectivity index (χ4v) is 3.02. The average molecular weight is 208 g/mol. The minimum Gasteiger partial charge on any atom is -0.393 e. The Hall–Kier alpha value is -0.300. The maximum atomic E-state index is 9.45. The smallest absolute Gasteiger partial charge is 0.0540 e. The largest absolute Gasteiger partial charge is 0.393 e. The fourth-order valence-electron chi connectivity index (χ4n) is 3.02. The molecule has 0 aromatic carbocycles. The number of rotatable bonds is 2. The van der Waals surface area contributed by atoms with Gasteiger partial charge in [0.1, 0.15) is 0 Å². The normalized spacial score (nSPS) is 41.7. The zero-order chi connectivity index (χ0) is 10.7. The van der Waals surface area contributed by atoms with E-state index in [0.717, 1.165) is 30.6 Å². The van der Waals surface area contributed by atoms with E-state index in [9.17, 15) is 5.11 Å². The van der Waals surface area contributed by atoms with E-state index in [2.05, 4.69) is 19.1 Å². The number of allylic oxidation sites excluding steroid dienone is 2. The van der Waals surface area contributed by atoms with Gasteiger partial charge in [-0.3, -0.25) is 0 Å². The molecule has 0 radical (unpaired) electrons. The van der Waals surface area contributed by atoms with Gasteiger partial charge in [-0.15, -0.1) is 0 Å². The highest BCUT2D eigenvalue weighted by atomic mass is 16.3. The van der Waals surface area contributed by atoms with Gasteiger partial charge in [0.05, 0.1) is 6.10 Å². The van der Waals surface area contributed by atoms with Crippen LogP contribution in [0.3, 0.4) is 0 Å². The Bertz CT molecular complexity index is 213. The zero-order valence-corrected chi connectivity index (χ0v) is 9.86. The maximum Gasteiger partial charge on any atom is 0.0540 e. The van der Waals surface area contributed by atoms with Gasteiger partial charge in [-0.2, -0.15) is 0 Å². The minimum atomic E-state index is 0.00294. The molecule has 0 saturated heterocycles. The van der Waals surface area contributed by atoms with Crippen molar-refractivity contribution in [1.82, 2.24) is 0 Å². The lowest BCUT2D eigenvalue weighted by Gasteiger charge is -2.29. The van der Waals surface area contributed by atoms with Crippen molar-refractivity contribution in [2.75, 3.05) is 0 Å². The Balaban J connectivity index is 1.75. The van der Waals surface area contributed by atoms with E-state index in [1.165, 1.54) is 32.1 Å². The topological polar surface area (TPSA) is 20.2 Å². The first kappa shape index (κ1) is 11.2. The Labute approximate surface area is 93.6 Å². The number of aliphatic hydroxyl groups excluding tert-OH is 1. The number of hydrogen-bond donors (Lipinski definition) is 1. The number of hydrogen-bond acceptors (Lipinski definition) is 1.